The van der Waals surface area contributed by atoms with Crippen LogP contribution in [0.15, 0.2) is 6.20 Å². The molecule has 1 fully saturated rings. The van der Waals surface area contributed by atoms with E-state index in [2.05, 4.69) is 17.2 Å². The Balaban J connectivity index is 1.85. The van der Waals surface area contributed by atoms with Gasteiger partial charge in [-0.1, -0.05) is 18.6 Å². The van der Waals surface area contributed by atoms with Gasteiger partial charge in [-0.2, -0.15) is 0 Å². The van der Waals surface area contributed by atoms with E-state index in [1.165, 1.54) is 19.3 Å². The summed E-state index contributed by atoms with van der Waals surface area (Å²) in [4.78, 5) is 14.2. The fraction of sp³-hybridized carbons (Fsp3) is 0.786. The summed E-state index contributed by atoms with van der Waals surface area (Å²) < 4.78 is 1.57. The minimum Gasteiger partial charge on any atom is -0.341 e. The normalized spacial score (nSPS) is 22.8. The van der Waals surface area contributed by atoms with E-state index in [9.17, 15) is 4.79 Å². The SMILES string of the molecule is CCC1CCC(N(C)C(=O)Cn2cc(CN)nn2)CC1. The second kappa shape index (κ2) is 6.83. The summed E-state index contributed by atoms with van der Waals surface area (Å²) in [5.41, 5.74) is 6.20. The molecule has 2 rings (SSSR count). The lowest BCUT2D eigenvalue weighted by Gasteiger charge is -2.34. The van der Waals surface area contributed by atoms with Gasteiger partial charge in [0.05, 0.1) is 11.9 Å². The lowest BCUT2D eigenvalue weighted by molar-refractivity contribution is -0.133. The van der Waals surface area contributed by atoms with Crippen LogP contribution in [0, 0.1) is 5.92 Å². The first kappa shape index (κ1) is 15.0. The first-order valence-corrected chi connectivity index (χ1v) is 7.48. The average Bonchev–Trinajstić information content (AvgIpc) is 2.94. The Hall–Kier alpha value is -1.43. The van der Waals surface area contributed by atoms with Gasteiger partial charge in [-0.05, 0) is 31.6 Å². The highest BCUT2D eigenvalue weighted by atomic mass is 16.2. The first-order valence-electron chi connectivity index (χ1n) is 7.48. The zero-order valence-corrected chi connectivity index (χ0v) is 12.5. The zero-order valence-electron chi connectivity index (χ0n) is 12.5. The van der Waals surface area contributed by atoms with Crippen molar-refractivity contribution < 1.29 is 4.79 Å². The van der Waals surface area contributed by atoms with Gasteiger partial charge in [-0.3, -0.25) is 4.79 Å². The predicted octanol–water partition coefficient (Wildman–Crippen LogP) is 1.16. The Morgan fingerprint density at radius 1 is 1.45 bits per heavy atom. The molecule has 0 atom stereocenters. The fourth-order valence-electron chi connectivity index (χ4n) is 2.90. The second-order valence-corrected chi connectivity index (χ2v) is 5.70. The smallest absolute Gasteiger partial charge is 0.244 e. The molecule has 1 aliphatic rings. The number of likely N-dealkylation sites (N-methyl/N-ethyl adjacent to an activating group) is 1. The molecule has 1 amide bonds. The Morgan fingerprint density at radius 2 is 2.15 bits per heavy atom. The topological polar surface area (TPSA) is 77.0 Å². The maximum absolute atomic E-state index is 12.3. The number of nitrogens with zero attached hydrogens (tertiary/aromatic N) is 4. The number of carbonyl (C=O) groups is 1. The summed E-state index contributed by atoms with van der Waals surface area (Å²) in [6, 6.07) is 0.378. The molecule has 1 saturated carbocycles. The third-order valence-corrected chi connectivity index (χ3v) is 4.43. The molecule has 1 aromatic heterocycles. The van der Waals surface area contributed by atoms with E-state index in [0.29, 0.717) is 18.3 Å². The Bertz CT molecular complexity index is 437. The van der Waals surface area contributed by atoms with Gasteiger partial charge in [0, 0.05) is 19.6 Å². The minimum atomic E-state index is 0.0958. The summed E-state index contributed by atoms with van der Waals surface area (Å²) in [6.07, 6.45) is 7.70. The van der Waals surface area contributed by atoms with Gasteiger partial charge in [0.15, 0.2) is 0 Å². The summed E-state index contributed by atoms with van der Waals surface area (Å²) in [5.74, 6) is 0.940. The van der Waals surface area contributed by atoms with Crippen molar-refractivity contribution in [2.75, 3.05) is 7.05 Å². The van der Waals surface area contributed by atoms with Gasteiger partial charge in [0.2, 0.25) is 5.91 Å². The minimum absolute atomic E-state index is 0.0958. The van der Waals surface area contributed by atoms with Crippen LogP contribution in [0.1, 0.15) is 44.7 Å². The largest absolute Gasteiger partial charge is 0.341 e. The number of hydrogen-bond acceptors (Lipinski definition) is 4. The Labute approximate surface area is 120 Å². The molecule has 1 aromatic rings. The third-order valence-electron chi connectivity index (χ3n) is 4.43. The van der Waals surface area contributed by atoms with Gasteiger partial charge in [-0.25, -0.2) is 4.68 Å². The summed E-state index contributed by atoms with van der Waals surface area (Å²) >= 11 is 0. The molecule has 0 radical (unpaired) electrons. The van der Waals surface area contributed by atoms with E-state index in [0.717, 1.165) is 18.8 Å². The van der Waals surface area contributed by atoms with Gasteiger partial charge < -0.3 is 10.6 Å². The predicted molar refractivity (Wildman–Crippen MR) is 76.7 cm³/mol. The van der Waals surface area contributed by atoms with Crippen LogP contribution in [0.2, 0.25) is 0 Å². The molecule has 6 nitrogen and oxygen atoms in total. The van der Waals surface area contributed by atoms with Crippen LogP contribution in [-0.2, 0) is 17.9 Å². The number of rotatable bonds is 5. The quantitative estimate of drug-likeness (QED) is 0.877. The lowest BCUT2D eigenvalue weighted by atomic mass is 9.84. The second-order valence-electron chi connectivity index (χ2n) is 5.70. The molecular weight excluding hydrogens is 254 g/mol. The first-order chi connectivity index (χ1) is 9.63. The standard InChI is InChI=1S/C14H25N5O/c1-3-11-4-6-13(7-5-11)18(2)14(20)10-19-9-12(8-15)16-17-19/h9,11,13H,3-8,10,15H2,1-2H3. The zero-order chi connectivity index (χ0) is 14.5. The van der Waals surface area contributed by atoms with Crippen molar-refractivity contribution in [2.45, 2.75) is 58.2 Å². The fourth-order valence-corrected chi connectivity index (χ4v) is 2.90. The molecule has 0 aliphatic heterocycles. The maximum Gasteiger partial charge on any atom is 0.244 e. The number of carbonyl (C=O) groups excluding carboxylic acids is 1. The van der Waals surface area contributed by atoms with E-state index in [4.69, 9.17) is 5.73 Å². The van der Waals surface area contributed by atoms with Crippen molar-refractivity contribution in [3.63, 3.8) is 0 Å². The average molecular weight is 279 g/mol. The van der Waals surface area contributed by atoms with Crippen molar-refractivity contribution in [2.24, 2.45) is 11.7 Å². The van der Waals surface area contributed by atoms with Gasteiger partial charge in [-0.15, -0.1) is 5.10 Å². The summed E-state index contributed by atoms with van der Waals surface area (Å²) in [5, 5.41) is 7.82. The molecule has 0 spiro atoms. The molecule has 0 saturated heterocycles. The molecule has 0 aromatic carbocycles. The van der Waals surface area contributed by atoms with Crippen molar-refractivity contribution in [1.82, 2.24) is 19.9 Å². The number of hydrogen-bond donors (Lipinski definition) is 1. The van der Waals surface area contributed by atoms with Crippen LogP contribution < -0.4 is 5.73 Å². The van der Waals surface area contributed by atoms with E-state index < -0.39 is 0 Å². The Morgan fingerprint density at radius 3 is 2.70 bits per heavy atom. The number of nitrogens with two attached hydrogens (primary N) is 1. The van der Waals surface area contributed by atoms with Gasteiger partial charge >= 0.3 is 0 Å². The van der Waals surface area contributed by atoms with Crippen LogP contribution >= 0.6 is 0 Å². The van der Waals surface area contributed by atoms with Gasteiger partial charge in [0.1, 0.15) is 6.54 Å². The molecule has 20 heavy (non-hydrogen) atoms. The summed E-state index contributed by atoms with van der Waals surface area (Å²) in [7, 11) is 1.90. The van der Waals surface area contributed by atoms with E-state index in [-0.39, 0.29) is 12.5 Å². The number of aromatic nitrogens is 3. The van der Waals surface area contributed by atoms with Crippen LogP contribution in [-0.4, -0.2) is 38.9 Å². The monoisotopic (exact) mass is 279 g/mol. The van der Waals surface area contributed by atoms with Crippen molar-refractivity contribution in [1.29, 1.82) is 0 Å². The van der Waals surface area contributed by atoms with Crippen molar-refractivity contribution in [3.8, 4) is 0 Å². The van der Waals surface area contributed by atoms with Crippen LogP contribution in [0.4, 0.5) is 0 Å². The third kappa shape index (κ3) is 3.56. The van der Waals surface area contributed by atoms with Crippen molar-refractivity contribution >= 4 is 5.91 Å². The van der Waals surface area contributed by atoms with Gasteiger partial charge in [0.25, 0.3) is 0 Å². The molecule has 2 N–H and O–H groups in total. The molecular formula is C14H25N5O. The van der Waals surface area contributed by atoms with E-state index in [1.54, 1.807) is 10.9 Å². The highest BCUT2D eigenvalue weighted by Crippen LogP contribution is 2.28. The molecule has 1 heterocycles. The van der Waals surface area contributed by atoms with E-state index in [1.807, 2.05) is 11.9 Å². The lowest BCUT2D eigenvalue weighted by Crippen LogP contribution is -2.41. The Kier molecular flexibility index (Phi) is 5.11. The van der Waals surface area contributed by atoms with Crippen LogP contribution in [0.5, 0.6) is 0 Å². The molecule has 1 aliphatic carbocycles. The maximum atomic E-state index is 12.3. The highest BCUT2D eigenvalue weighted by Gasteiger charge is 2.25. The molecule has 112 valence electrons. The van der Waals surface area contributed by atoms with Crippen molar-refractivity contribution in [3.05, 3.63) is 11.9 Å². The molecule has 6 heteroatoms. The molecule has 0 bridgehead atoms. The summed E-state index contributed by atoms with van der Waals surface area (Å²) in [6.45, 7) is 2.85. The highest BCUT2D eigenvalue weighted by molar-refractivity contribution is 5.75. The van der Waals surface area contributed by atoms with Crippen LogP contribution in [0.3, 0.4) is 0 Å². The van der Waals surface area contributed by atoms with E-state index >= 15 is 0 Å². The molecule has 0 unspecified atom stereocenters. The number of amides is 1. The van der Waals surface area contributed by atoms with Crippen LogP contribution in [0.25, 0.3) is 0 Å².